The summed E-state index contributed by atoms with van der Waals surface area (Å²) in [5, 5.41) is 0. The van der Waals surface area contributed by atoms with E-state index in [1.165, 1.54) is 0 Å². The molecule has 0 unspecified atom stereocenters. The molecule has 2 aromatic heterocycles. The molecule has 2 rings (SSSR count). The summed E-state index contributed by atoms with van der Waals surface area (Å²) < 4.78 is 0.845. The third-order valence-corrected chi connectivity index (χ3v) is 2.66. The Bertz CT molecular complexity index is 459. The van der Waals surface area contributed by atoms with Crippen LogP contribution in [0.1, 0.15) is 5.69 Å². The van der Waals surface area contributed by atoms with Gasteiger partial charge in [-0.2, -0.15) is 0 Å². The molecule has 0 fully saturated rings. The predicted octanol–water partition coefficient (Wildman–Crippen LogP) is 2.88. The Hall–Kier alpha value is -1.42. The third-order valence-electron chi connectivity index (χ3n) is 2.22. The van der Waals surface area contributed by atoms with E-state index >= 15 is 0 Å². The van der Waals surface area contributed by atoms with Gasteiger partial charge >= 0.3 is 0 Å². The molecule has 2 aromatic rings. The van der Waals surface area contributed by atoms with Gasteiger partial charge in [0.25, 0.3) is 0 Å². The highest BCUT2D eigenvalue weighted by Gasteiger charge is 2.03. The SMILES string of the molecule is CN(Cc1ccccn1)c1cccc(Br)n1. The van der Waals surface area contributed by atoms with E-state index in [0.717, 1.165) is 22.7 Å². The first-order chi connectivity index (χ1) is 7.75. The van der Waals surface area contributed by atoms with Crippen LogP contribution >= 0.6 is 15.9 Å². The molecule has 0 atom stereocenters. The molecule has 0 saturated heterocycles. The van der Waals surface area contributed by atoms with Crippen molar-refractivity contribution in [1.82, 2.24) is 9.97 Å². The van der Waals surface area contributed by atoms with Gasteiger partial charge in [-0.3, -0.25) is 4.98 Å². The molecule has 16 heavy (non-hydrogen) atoms. The summed E-state index contributed by atoms with van der Waals surface area (Å²) in [5.41, 5.74) is 1.03. The molecule has 4 heteroatoms. The fourth-order valence-electron chi connectivity index (χ4n) is 1.43. The van der Waals surface area contributed by atoms with Gasteiger partial charge in [0.1, 0.15) is 10.4 Å². The first-order valence-corrected chi connectivity index (χ1v) is 5.78. The third kappa shape index (κ3) is 2.79. The molecule has 0 N–H and O–H groups in total. The Balaban J connectivity index is 2.12. The minimum Gasteiger partial charge on any atom is -0.354 e. The minimum atomic E-state index is 0.754. The first-order valence-electron chi connectivity index (χ1n) is 4.99. The Morgan fingerprint density at radius 3 is 2.75 bits per heavy atom. The summed E-state index contributed by atoms with van der Waals surface area (Å²) in [4.78, 5) is 10.7. The molecule has 0 aliphatic rings. The zero-order valence-electron chi connectivity index (χ0n) is 8.97. The fourth-order valence-corrected chi connectivity index (χ4v) is 1.76. The predicted molar refractivity (Wildman–Crippen MR) is 68.3 cm³/mol. The van der Waals surface area contributed by atoms with Crippen LogP contribution in [0.15, 0.2) is 47.2 Å². The lowest BCUT2D eigenvalue weighted by molar-refractivity contribution is 0.864. The van der Waals surface area contributed by atoms with E-state index in [1.807, 2.05) is 43.4 Å². The van der Waals surface area contributed by atoms with Crippen LogP contribution in [0.5, 0.6) is 0 Å². The van der Waals surface area contributed by atoms with Crippen LogP contribution in [-0.2, 0) is 6.54 Å². The van der Waals surface area contributed by atoms with Crippen LogP contribution < -0.4 is 4.90 Å². The number of hydrogen-bond acceptors (Lipinski definition) is 3. The highest BCUT2D eigenvalue weighted by Crippen LogP contribution is 2.15. The van der Waals surface area contributed by atoms with Gasteiger partial charge in [-0.15, -0.1) is 0 Å². The van der Waals surface area contributed by atoms with Gasteiger partial charge in [-0.1, -0.05) is 12.1 Å². The second kappa shape index (κ2) is 5.07. The average molecular weight is 278 g/mol. The number of halogens is 1. The molecule has 3 nitrogen and oxygen atoms in total. The molecule has 0 spiro atoms. The van der Waals surface area contributed by atoms with Gasteiger partial charge < -0.3 is 4.90 Å². The quantitative estimate of drug-likeness (QED) is 0.808. The number of aromatic nitrogens is 2. The van der Waals surface area contributed by atoms with Crippen molar-refractivity contribution in [3.63, 3.8) is 0 Å². The lowest BCUT2D eigenvalue weighted by Gasteiger charge is -2.17. The fraction of sp³-hybridized carbons (Fsp3) is 0.167. The normalized spacial score (nSPS) is 10.1. The summed E-state index contributed by atoms with van der Waals surface area (Å²) >= 11 is 3.36. The highest BCUT2D eigenvalue weighted by atomic mass is 79.9. The van der Waals surface area contributed by atoms with Crippen LogP contribution in [0.3, 0.4) is 0 Å². The summed E-state index contributed by atoms with van der Waals surface area (Å²) in [6.45, 7) is 0.754. The maximum Gasteiger partial charge on any atom is 0.129 e. The molecular weight excluding hydrogens is 266 g/mol. The molecule has 0 amide bonds. The van der Waals surface area contributed by atoms with Gasteiger partial charge in [0, 0.05) is 13.2 Å². The van der Waals surface area contributed by atoms with Crippen molar-refractivity contribution in [3.05, 3.63) is 52.9 Å². The lowest BCUT2D eigenvalue weighted by atomic mass is 10.3. The summed E-state index contributed by atoms with van der Waals surface area (Å²) in [5.74, 6) is 0.931. The molecule has 82 valence electrons. The highest BCUT2D eigenvalue weighted by molar-refractivity contribution is 9.10. The second-order valence-corrected chi connectivity index (χ2v) is 4.31. The summed E-state index contributed by atoms with van der Waals surface area (Å²) in [6.07, 6.45) is 1.80. The summed E-state index contributed by atoms with van der Waals surface area (Å²) in [7, 11) is 2.00. The smallest absolute Gasteiger partial charge is 0.129 e. The standard InChI is InChI=1S/C12H12BrN3/c1-16(9-10-5-2-3-8-14-10)12-7-4-6-11(13)15-12/h2-8H,9H2,1H3. The zero-order chi connectivity index (χ0) is 11.4. The van der Waals surface area contributed by atoms with Gasteiger partial charge in [-0.25, -0.2) is 4.98 Å². The maximum absolute atomic E-state index is 4.38. The Labute approximate surface area is 103 Å². The van der Waals surface area contributed by atoms with E-state index in [9.17, 15) is 0 Å². The van der Waals surface area contributed by atoms with Crippen LogP contribution in [-0.4, -0.2) is 17.0 Å². The molecule has 0 aromatic carbocycles. The van der Waals surface area contributed by atoms with Crippen molar-refractivity contribution in [2.75, 3.05) is 11.9 Å². The zero-order valence-corrected chi connectivity index (χ0v) is 10.6. The summed E-state index contributed by atoms with van der Waals surface area (Å²) in [6, 6.07) is 11.8. The first kappa shape index (κ1) is 11.1. The monoisotopic (exact) mass is 277 g/mol. The number of hydrogen-bond donors (Lipinski definition) is 0. The van der Waals surface area contributed by atoms with Gasteiger partial charge in [0.15, 0.2) is 0 Å². The number of anilines is 1. The number of nitrogens with zero attached hydrogens (tertiary/aromatic N) is 3. The van der Waals surface area contributed by atoms with Crippen molar-refractivity contribution < 1.29 is 0 Å². The van der Waals surface area contributed by atoms with E-state index in [0.29, 0.717) is 0 Å². The largest absolute Gasteiger partial charge is 0.354 e. The molecule has 0 aliphatic carbocycles. The average Bonchev–Trinajstić information content (AvgIpc) is 2.30. The van der Waals surface area contributed by atoms with Gasteiger partial charge in [0.2, 0.25) is 0 Å². The number of rotatable bonds is 3. The maximum atomic E-state index is 4.38. The number of pyridine rings is 2. The Morgan fingerprint density at radius 1 is 1.19 bits per heavy atom. The van der Waals surface area contributed by atoms with Crippen LogP contribution in [0.25, 0.3) is 0 Å². The molecular formula is C12H12BrN3. The van der Waals surface area contributed by atoms with Gasteiger partial charge in [0.05, 0.1) is 12.2 Å². The van der Waals surface area contributed by atoms with E-state index in [2.05, 4.69) is 30.8 Å². The molecule has 2 heterocycles. The van der Waals surface area contributed by atoms with Crippen LogP contribution in [0.4, 0.5) is 5.82 Å². The Kier molecular flexibility index (Phi) is 3.51. The van der Waals surface area contributed by atoms with E-state index in [-0.39, 0.29) is 0 Å². The van der Waals surface area contributed by atoms with Crippen molar-refractivity contribution >= 4 is 21.7 Å². The van der Waals surface area contributed by atoms with Crippen molar-refractivity contribution in [2.24, 2.45) is 0 Å². The van der Waals surface area contributed by atoms with E-state index in [1.54, 1.807) is 6.20 Å². The van der Waals surface area contributed by atoms with Crippen molar-refractivity contribution in [2.45, 2.75) is 6.54 Å². The minimum absolute atomic E-state index is 0.754. The Morgan fingerprint density at radius 2 is 2.06 bits per heavy atom. The molecule has 0 saturated carbocycles. The van der Waals surface area contributed by atoms with E-state index < -0.39 is 0 Å². The van der Waals surface area contributed by atoms with Crippen LogP contribution in [0.2, 0.25) is 0 Å². The van der Waals surface area contributed by atoms with Crippen molar-refractivity contribution in [3.8, 4) is 0 Å². The van der Waals surface area contributed by atoms with Crippen LogP contribution in [0, 0.1) is 0 Å². The second-order valence-electron chi connectivity index (χ2n) is 3.50. The van der Waals surface area contributed by atoms with E-state index in [4.69, 9.17) is 0 Å². The lowest BCUT2D eigenvalue weighted by Crippen LogP contribution is -2.18. The van der Waals surface area contributed by atoms with Gasteiger partial charge in [-0.05, 0) is 40.2 Å². The molecule has 0 bridgehead atoms. The van der Waals surface area contributed by atoms with Crippen molar-refractivity contribution in [1.29, 1.82) is 0 Å². The molecule has 0 aliphatic heterocycles. The topological polar surface area (TPSA) is 29.0 Å². The molecule has 0 radical (unpaired) electrons.